The van der Waals surface area contributed by atoms with Gasteiger partial charge in [0.2, 0.25) is 0 Å². The average molecular weight is 268 g/mol. The normalized spacial score (nSPS) is 10.7. The smallest absolute Gasteiger partial charge is 0.164 e. The van der Waals surface area contributed by atoms with Crippen LogP contribution in [-0.4, -0.2) is 33.1 Å². The van der Waals surface area contributed by atoms with Gasteiger partial charge in [0.25, 0.3) is 0 Å². The molecule has 0 fully saturated rings. The van der Waals surface area contributed by atoms with E-state index in [1.165, 1.54) is 0 Å². The number of hydrogen-bond donors (Lipinski definition) is 0. The summed E-state index contributed by atoms with van der Waals surface area (Å²) in [5, 5.41) is 0. The van der Waals surface area contributed by atoms with E-state index in [0.717, 1.165) is 0 Å². The molecule has 0 radical (unpaired) electrons. The lowest BCUT2D eigenvalue weighted by molar-refractivity contribution is 0.323. The Kier molecular flexibility index (Phi) is 5.53. The quantitative estimate of drug-likeness (QED) is 0.703. The van der Waals surface area contributed by atoms with Crippen LogP contribution in [0.2, 0.25) is 0 Å². The van der Waals surface area contributed by atoms with E-state index < -0.39 is 9.84 Å². The summed E-state index contributed by atoms with van der Waals surface area (Å²) in [6, 6.07) is 7.06. The van der Waals surface area contributed by atoms with Gasteiger partial charge in [-0.05, 0) is 19.1 Å². The van der Waals surface area contributed by atoms with Crippen LogP contribution in [0.4, 0.5) is 0 Å². The largest absolute Gasteiger partial charge is 0.494 e. The van der Waals surface area contributed by atoms with E-state index in [0.29, 0.717) is 18.1 Å². The van der Waals surface area contributed by atoms with Gasteiger partial charge >= 0.3 is 0 Å². The van der Waals surface area contributed by atoms with Crippen molar-refractivity contribution in [3.63, 3.8) is 0 Å². The number of benzene rings is 1. The number of hydrogen-bond acceptors (Lipinski definition) is 4. The Morgan fingerprint density at radius 2 is 1.94 bits per heavy atom. The zero-order valence-electron chi connectivity index (χ0n) is 10.3. The van der Waals surface area contributed by atoms with E-state index in [1.807, 2.05) is 13.0 Å². The molecule has 0 heterocycles. The zero-order chi connectivity index (χ0) is 13.4. The summed E-state index contributed by atoms with van der Waals surface area (Å²) in [6.45, 7) is 2.54. The first-order valence-electron chi connectivity index (χ1n) is 5.57. The van der Waals surface area contributed by atoms with Gasteiger partial charge in [-0.3, -0.25) is 0 Å². The molecule has 0 unspecified atom stereocenters. The van der Waals surface area contributed by atoms with Gasteiger partial charge in [0, 0.05) is 6.07 Å². The number of ether oxygens (including phenoxy) is 2. The molecule has 0 aliphatic rings. The Labute approximate surface area is 108 Å². The Bertz CT molecular complexity index is 514. The van der Waals surface area contributed by atoms with Crippen molar-refractivity contribution in [2.75, 3.05) is 24.7 Å². The van der Waals surface area contributed by atoms with Crippen molar-refractivity contribution in [2.24, 2.45) is 0 Å². The van der Waals surface area contributed by atoms with Gasteiger partial charge in [0.05, 0.1) is 12.4 Å². The number of sulfone groups is 1. The highest BCUT2D eigenvalue weighted by Crippen LogP contribution is 2.19. The molecule has 4 nitrogen and oxygen atoms in total. The summed E-state index contributed by atoms with van der Waals surface area (Å²) in [4.78, 5) is 0. The SMILES string of the molecule is C#CCS(=O)(=O)CCOc1cccc(OCC)c1. The van der Waals surface area contributed by atoms with Crippen LogP contribution in [-0.2, 0) is 9.84 Å². The molecule has 1 aromatic carbocycles. The lowest BCUT2D eigenvalue weighted by Crippen LogP contribution is -2.16. The third kappa shape index (κ3) is 5.11. The van der Waals surface area contributed by atoms with Gasteiger partial charge in [-0.1, -0.05) is 12.0 Å². The van der Waals surface area contributed by atoms with E-state index in [-0.39, 0.29) is 18.1 Å². The highest BCUT2D eigenvalue weighted by Gasteiger charge is 2.09. The lowest BCUT2D eigenvalue weighted by Gasteiger charge is -2.08. The standard InChI is InChI=1S/C13H16O4S/c1-3-9-18(14,15)10-8-17-13-7-5-6-12(11-13)16-4-2/h1,5-7,11H,4,8-10H2,2H3. The highest BCUT2D eigenvalue weighted by molar-refractivity contribution is 7.91. The predicted molar refractivity (Wildman–Crippen MR) is 70.6 cm³/mol. The average Bonchev–Trinajstić information content (AvgIpc) is 2.29. The van der Waals surface area contributed by atoms with Gasteiger partial charge in [0.15, 0.2) is 9.84 Å². The van der Waals surface area contributed by atoms with Crippen molar-refractivity contribution in [3.05, 3.63) is 24.3 Å². The minimum absolute atomic E-state index is 0.0829. The van der Waals surface area contributed by atoms with Crippen LogP contribution in [0.25, 0.3) is 0 Å². The minimum atomic E-state index is -3.21. The van der Waals surface area contributed by atoms with Gasteiger partial charge < -0.3 is 9.47 Å². The summed E-state index contributed by atoms with van der Waals surface area (Å²) in [5.41, 5.74) is 0. The van der Waals surface area contributed by atoms with E-state index in [1.54, 1.807) is 18.2 Å². The molecule has 0 aliphatic carbocycles. The van der Waals surface area contributed by atoms with Crippen molar-refractivity contribution < 1.29 is 17.9 Å². The van der Waals surface area contributed by atoms with Crippen LogP contribution in [0.5, 0.6) is 11.5 Å². The fourth-order valence-corrected chi connectivity index (χ4v) is 2.04. The molecule has 0 aromatic heterocycles. The molecule has 5 heteroatoms. The highest BCUT2D eigenvalue weighted by atomic mass is 32.2. The van der Waals surface area contributed by atoms with Crippen LogP contribution >= 0.6 is 0 Å². The fourth-order valence-electron chi connectivity index (χ4n) is 1.31. The van der Waals surface area contributed by atoms with E-state index >= 15 is 0 Å². The topological polar surface area (TPSA) is 52.6 Å². The maximum atomic E-state index is 11.3. The Morgan fingerprint density at radius 1 is 1.28 bits per heavy atom. The van der Waals surface area contributed by atoms with Crippen LogP contribution in [0.1, 0.15) is 6.92 Å². The molecule has 18 heavy (non-hydrogen) atoms. The molecule has 0 saturated carbocycles. The molecule has 0 amide bonds. The molecular formula is C13H16O4S. The summed E-state index contributed by atoms with van der Waals surface area (Å²) in [5.74, 6) is 3.05. The van der Waals surface area contributed by atoms with Gasteiger partial charge in [0.1, 0.15) is 23.9 Å². The van der Waals surface area contributed by atoms with Crippen molar-refractivity contribution in [1.82, 2.24) is 0 Å². The maximum absolute atomic E-state index is 11.3. The van der Waals surface area contributed by atoms with Crippen LogP contribution in [0, 0.1) is 12.3 Å². The number of terminal acetylenes is 1. The second-order valence-corrected chi connectivity index (χ2v) is 5.74. The molecule has 1 aromatic rings. The molecule has 1 rings (SSSR count). The first-order chi connectivity index (χ1) is 8.57. The molecule has 0 aliphatic heterocycles. The summed E-state index contributed by atoms with van der Waals surface area (Å²) < 4.78 is 33.3. The summed E-state index contributed by atoms with van der Waals surface area (Å²) >= 11 is 0. The first kappa shape index (κ1) is 14.4. The fraction of sp³-hybridized carbons (Fsp3) is 0.385. The lowest BCUT2D eigenvalue weighted by atomic mass is 10.3. The predicted octanol–water partition coefficient (Wildman–Crippen LogP) is 1.51. The third-order valence-corrected chi connectivity index (χ3v) is 3.48. The first-order valence-corrected chi connectivity index (χ1v) is 7.39. The summed E-state index contributed by atoms with van der Waals surface area (Å²) in [7, 11) is -3.21. The molecule has 0 saturated heterocycles. The van der Waals surface area contributed by atoms with Crippen LogP contribution in [0.3, 0.4) is 0 Å². The molecule has 98 valence electrons. The van der Waals surface area contributed by atoms with E-state index in [4.69, 9.17) is 15.9 Å². The van der Waals surface area contributed by atoms with Gasteiger partial charge in [-0.25, -0.2) is 8.42 Å². The molecule has 0 atom stereocenters. The van der Waals surface area contributed by atoms with Crippen molar-refractivity contribution >= 4 is 9.84 Å². The Hall–Kier alpha value is -1.67. The Morgan fingerprint density at radius 3 is 2.56 bits per heavy atom. The van der Waals surface area contributed by atoms with Gasteiger partial charge in [-0.2, -0.15) is 0 Å². The second-order valence-electron chi connectivity index (χ2n) is 3.55. The molecule has 0 spiro atoms. The van der Waals surface area contributed by atoms with Crippen molar-refractivity contribution in [2.45, 2.75) is 6.92 Å². The zero-order valence-corrected chi connectivity index (χ0v) is 11.1. The van der Waals surface area contributed by atoms with Crippen LogP contribution < -0.4 is 9.47 Å². The monoisotopic (exact) mass is 268 g/mol. The molecular weight excluding hydrogens is 252 g/mol. The minimum Gasteiger partial charge on any atom is -0.494 e. The molecule has 0 N–H and O–H groups in total. The van der Waals surface area contributed by atoms with E-state index in [2.05, 4.69) is 5.92 Å². The number of rotatable bonds is 7. The van der Waals surface area contributed by atoms with Crippen molar-refractivity contribution in [1.29, 1.82) is 0 Å². The third-order valence-electron chi connectivity index (χ3n) is 2.08. The second kappa shape index (κ2) is 6.92. The molecule has 0 bridgehead atoms. The van der Waals surface area contributed by atoms with Crippen molar-refractivity contribution in [3.8, 4) is 23.8 Å². The Balaban J connectivity index is 2.49. The van der Waals surface area contributed by atoms with E-state index in [9.17, 15) is 8.42 Å². The van der Waals surface area contributed by atoms with Gasteiger partial charge in [-0.15, -0.1) is 6.42 Å². The van der Waals surface area contributed by atoms with Crippen LogP contribution in [0.15, 0.2) is 24.3 Å². The maximum Gasteiger partial charge on any atom is 0.164 e. The summed E-state index contributed by atoms with van der Waals surface area (Å²) in [6.07, 6.45) is 4.96.